The molecule has 1 aromatic rings. The molecule has 0 amide bonds. The van der Waals surface area contributed by atoms with Gasteiger partial charge in [-0.1, -0.05) is 18.2 Å². The average Bonchev–Trinajstić information content (AvgIpc) is 3.36. The van der Waals surface area contributed by atoms with E-state index in [-0.39, 0.29) is 0 Å². The molecule has 3 heteroatoms. The lowest BCUT2D eigenvalue weighted by Gasteiger charge is -2.33. The highest BCUT2D eigenvalue weighted by molar-refractivity contribution is 5.54. The van der Waals surface area contributed by atoms with Crippen molar-refractivity contribution in [3.63, 3.8) is 0 Å². The van der Waals surface area contributed by atoms with Crippen molar-refractivity contribution in [3.05, 3.63) is 29.8 Å². The Morgan fingerprint density at radius 2 is 2.05 bits per heavy atom. The van der Waals surface area contributed by atoms with Crippen molar-refractivity contribution in [2.45, 2.75) is 50.8 Å². The molecule has 2 fully saturated rings. The summed E-state index contributed by atoms with van der Waals surface area (Å²) in [5.41, 5.74) is 2.86. The monoisotopic (exact) mass is 286 g/mol. The summed E-state index contributed by atoms with van der Waals surface area (Å²) in [5, 5.41) is 3.78. The number of fused-ring (bicyclic) bond motifs is 1. The molecular weight excluding hydrogens is 260 g/mol. The van der Waals surface area contributed by atoms with E-state index in [1.165, 1.54) is 43.4 Å². The van der Waals surface area contributed by atoms with E-state index in [1.54, 1.807) is 0 Å². The van der Waals surface area contributed by atoms with Gasteiger partial charge in [0.05, 0.1) is 6.10 Å². The fourth-order valence-corrected chi connectivity index (χ4v) is 3.79. The van der Waals surface area contributed by atoms with Crippen LogP contribution in [0.2, 0.25) is 0 Å². The molecule has 3 aliphatic rings. The predicted molar refractivity (Wildman–Crippen MR) is 85.6 cm³/mol. The first-order valence-electron chi connectivity index (χ1n) is 8.58. The first-order valence-corrected chi connectivity index (χ1v) is 8.58. The van der Waals surface area contributed by atoms with E-state index in [2.05, 4.69) is 34.5 Å². The van der Waals surface area contributed by atoms with Crippen molar-refractivity contribution in [1.29, 1.82) is 0 Å². The highest BCUT2D eigenvalue weighted by atomic mass is 16.5. The standard InChI is InChI=1S/C18H26N2O/c1-2-7-18-15(5-1)11-19-17(14-8-9-14)13-20(18)12-16-6-3-4-10-21-16/h1-2,5,7,14,16-17,19H,3-4,6,8-13H2. The first-order chi connectivity index (χ1) is 10.4. The molecule has 2 unspecified atom stereocenters. The summed E-state index contributed by atoms with van der Waals surface area (Å²) in [5.74, 6) is 0.897. The van der Waals surface area contributed by atoms with E-state index in [0.29, 0.717) is 12.1 Å². The molecule has 2 heterocycles. The number of nitrogens with zero attached hydrogens (tertiary/aromatic N) is 1. The maximum atomic E-state index is 5.99. The van der Waals surface area contributed by atoms with Crippen molar-refractivity contribution in [1.82, 2.24) is 5.32 Å². The predicted octanol–water partition coefficient (Wildman–Crippen LogP) is 2.94. The largest absolute Gasteiger partial charge is 0.376 e. The number of anilines is 1. The van der Waals surface area contributed by atoms with Gasteiger partial charge in [0, 0.05) is 38.0 Å². The molecule has 0 spiro atoms. The topological polar surface area (TPSA) is 24.5 Å². The van der Waals surface area contributed by atoms with E-state index in [4.69, 9.17) is 4.74 Å². The van der Waals surface area contributed by atoms with E-state index in [0.717, 1.165) is 32.2 Å². The van der Waals surface area contributed by atoms with E-state index >= 15 is 0 Å². The highest BCUT2D eigenvalue weighted by Gasteiger charge is 2.34. The Morgan fingerprint density at radius 3 is 2.86 bits per heavy atom. The van der Waals surface area contributed by atoms with Crippen LogP contribution < -0.4 is 10.2 Å². The van der Waals surface area contributed by atoms with E-state index in [9.17, 15) is 0 Å². The second-order valence-corrected chi connectivity index (χ2v) is 6.85. The van der Waals surface area contributed by atoms with Crippen LogP contribution >= 0.6 is 0 Å². The minimum absolute atomic E-state index is 0.421. The van der Waals surface area contributed by atoms with Crippen LogP contribution in [0, 0.1) is 5.92 Å². The van der Waals surface area contributed by atoms with Crippen molar-refractivity contribution in [2.75, 3.05) is 24.6 Å². The lowest BCUT2D eigenvalue weighted by molar-refractivity contribution is 0.0208. The highest BCUT2D eigenvalue weighted by Crippen LogP contribution is 2.36. The van der Waals surface area contributed by atoms with Gasteiger partial charge >= 0.3 is 0 Å². The average molecular weight is 286 g/mol. The number of para-hydroxylation sites is 1. The third-order valence-electron chi connectivity index (χ3n) is 5.19. The van der Waals surface area contributed by atoms with Gasteiger partial charge in [-0.15, -0.1) is 0 Å². The zero-order chi connectivity index (χ0) is 14.1. The summed E-state index contributed by atoms with van der Waals surface area (Å²) < 4.78 is 5.99. The Kier molecular flexibility index (Phi) is 3.87. The SMILES string of the molecule is c1ccc2c(c1)CNC(C1CC1)CN2CC1CCCCO1. The fraction of sp³-hybridized carbons (Fsp3) is 0.667. The van der Waals surface area contributed by atoms with Crippen LogP contribution in [0.25, 0.3) is 0 Å². The first kappa shape index (κ1) is 13.6. The maximum Gasteiger partial charge on any atom is 0.0749 e. The third kappa shape index (κ3) is 3.09. The zero-order valence-electron chi connectivity index (χ0n) is 12.8. The Balaban J connectivity index is 1.54. The normalized spacial score (nSPS) is 29.8. The maximum absolute atomic E-state index is 5.99. The van der Waals surface area contributed by atoms with Crippen LogP contribution in [0.4, 0.5) is 5.69 Å². The summed E-state index contributed by atoms with van der Waals surface area (Å²) in [7, 11) is 0. The van der Waals surface area contributed by atoms with Gasteiger partial charge in [0.25, 0.3) is 0 Å². The van der Waals surface area contributed by atoms with Gasteiger partial charge in [-0.25, -0.2) is 0 Å². The van der Waals surface area contributed by atoms with Gasteiger partial charge in [-0.2, -0.15) is 0 Å². The number of ether oxygens (including phenoxy) is 1. The van der Waals surface area contributed by atoms with Crippen LogP contribution in [-0.4, -0.2) is 31.8 Å². The summed E-state index contributed by atoms with van der Waals surface area (Å²) in [6, 6.07) is 9.54. The van der Waals surface area contributed by atoms with Crippen LogP contribution in [0.1, 0.15) is 37.7 Å². The summed E-state index contributed by atoms with van der Waals surface area (Å²) in [6.07, 6.45) is 7.01. The van der Waals surface area contributed by atoms with Gasteiger partial charge in [0.15, 0.2) is 0 Å². The summed E-state index contributed by atoms with van der Waals surface area (Å²) >= 11 is 0. The molecule has 0 bridgehead atoms. The van der Waals surface area contributed by atoms with E-state index < -0.39 is 0 Å². The molecule has 3 nitrogen and oxygen atoms in total. The fourth-order valence-electron chi connectivity index (χ4n) is 3.79. The molecule has 2 atom stereocenters. The second-order valence-electron chi connectivity index (χ2n) is 6.85. The molecular formula is C18H26N2O. The molecule has 1 N–H and O–H groups in total. The smallest absolute Gasteiger partial charge is 0.0749 e. The van der Waals surface area contributed by atoms with Gasteiger partial charge in [0.2, 0.25) is 0 Å². The van der Waals surface area contributed by atoms with Crippen molar-refractivity contribution in [2.24, 2.45) is 5.92 Å². The minimum atomic E-state index is 0.421. The lowest BCUT2D eigenvalue weighted by Crippen LogP contribution is -2.43. The molecule has 0 radical (unpaired) electrons. The van der Waals surface area contributed by atoms with Gasteiger partial charge in [-0.05, 0) is 49.7 Å². The molecule has 0 aromatic heterocycles. The van der Waals surface area contributed by atoms with Crippen LogP contribution in [0.15, 0.2) is 24.3 Å². The van der Waals surface area contributed by atoms with Crippen LogP contribution in [0.5, 0.6) is 0 Å². The van der Waals surface area contributed by atoms with Crippen molar-refractivity contribution < 1.29 is 4.74 Å². The molecule has 114 valence electrons. The molecule has 1 saturated carbocycles. The van der Waals surface area contributed by atoms with Gasteiger partial charge in [-0.3, -0.25) is 0 Å². The molecule has 1 aromatic carbocycles. The Labute approximate surface area is 127 Å². The Bertz CT molecular complexity index is 480. The molecule has 1 aliphatic carbocycles. The Hall–Kier alpha value is -1.06. The number of hydrogen-bond donors (Lipinski definition) is 1. The molecule has 4 rings (SSSR count). The van der Waals surface area contributed by atoms with E-state index in [1.807, 2.05) is 0 Å². The zero-order valence-corrected chi connectivity index (χ0v) is 12.8. The van der Waals surface area contributed by atoms with Gasteiger partial charge in [0.1, 0.15) is 0 Å². The number of nitrogens with one attached hydrogen (secondary N) is 1. The molecule has 21 heavy (non-hydrogen) atoms. The Morgan fingerprint density at radius 1 is 1.14 bits per heavy atom. The second kappa shape index (κ2) is 5.98. The minimum Gasteiger partial charge on any atom is -0.376 e. The number of hydrogen-bond acceptors (Lipinski definition) is 3. The molecule has 2 aliphatic heterocycles. The van der Waals surface area contributed by atoms with Crippen molar-refractivity contribution >= 4 is 5.69 Å². The van der Waals surface area contributed by atoms with Crippen LogP contribution in [0.3, 0.4) is 0 Å². The third-order valence-corrected chi connectivity index (χ3v) is 5.19. The lowest BCUT2D eigenvalue weighted by atomic mass is 10.1. The number of rotatable bonds is 3. The summed E-state index contributed by atoms with van der Waals surface area (Å²) in [4.78, 5) is 2.59. The van der Waals surface area contributed by atoms with Crippen molar-refractivity contribution in [3.8, 4) is 0 Å². The molecule has 1 saturated heterocycles. The van der Waals surface area contributed by atoms with Crippen LogP contribution in [-0.2, 0) is 11.3 Å². The quantitative estimate of drug-likeness (QED) is 0.924. The number of benzene rings is 1. The van der Waals surface area contributed by atoms with Gasteiger partial charge < -0.3 is 15.0 Å². The summed E-state index contributed by atoms with van der Waals surface area (Å²) in [6.45, 7) is 4.16.